The number of rotatable bonds is 2. The van der Waals surface area contributed by atoms with Crippen molar-refractivity contribution >= 4 is 17.7 Å². The summed E-state index contributed by atoms with van der Waals surface area (Å²) in [5.74, 6) is 0. The summed E-state index contributed by atoms with van der Waals surface area (Å²) in [5.41, 5.74) is 1.52. The predicted octanol–water partition coefficient (Wildman–Crippen LogP) is 3.67. The van der Waals surface area contributed by atoms with Gasteiger partial charge in [0.2, 0.25) is 0 Å². The lowest BCUT2D eigenvalue weighted by molar-refractivity contribution is 0.0523. The summed E-state index contributed by atoms with van der Waals surface area (Å²) in [4.78, 5) is 11.4. The van der Waals surface area contributed by atoms with Crippen molar-refractivity contribution in [2.45, 2.75) is 39.8 Å². The van der Waals surface area contributed by atoms with Crippen molar-refractivity contribution in [3.05, 3.63) is 34.3 Å². The van der Waals surface area contributed by atoms with Crippen molar-refractivity contribution in [2.75, 3.05) is 0 Å². The van der Waals surface area contributed by atoms with Crippen molar-refractivity contribution in [3.63, 3.8) is 0 Å². The van der Waals surface area contributed by atoms with Crippen molar-refractivity contribution in [2.24, 2.45) is 0 Å². The summed E-state index contributed by atoms with van der Waals surface area (Å²) in [6, 6.07) is 5.65. The molecule has 0 aliphatic rings. The van der Waals surface area contributed by atoms with Crippen LogP contribution in [0.4, 0.5) is 4.79 Å². The summed E-state index contributed by atoms with van der Waals surface area (Å²) in [6.07, 6.45) is -0.412. The topological polar surface area (TPSA) is 38.3 Å². The number of carbonyl (C=O) groups excluding carboxylic acids is 1. The lowest BCUT2D eigenvalue weighted by atomic mass is 10.1. The molecule has 94 valence electrons. The number of amides is 1. The standard InChI is InChI=1S/C13H18ClNO2/c1-9-7-10(5-6-11(9)14)8-15-12(16)17-13(2,3)4/h5-7H,8H2,1-4H3,(H,15,16). The summed E-state index contributed by atoms with van der Waals surface area (Å²) >= 11 is 5.92. The second kappa shape index (κ2) is 5.41. The van der Waals surface area contributed by atoms with Crippen molar-refractivity contribution in [3.8, 4) is 0 Å². The average molecular weight is 256 g/mol. The Kier molecular flexibility index (Phi) is 4.40. The van der Waals surface area contributed by atoms with E-state index in [2.05, 4.69) is 5.32 Å². The summed E-state index contributed by atoms with van der Waals surface area (Å²) in [5, 5.41) is 3.43. The number of halogens is 1. The minimum atomic E-state index is -0.472. The van der Waals surface area contributed by atoms with E-state index >= 15 is 0 Å². The Hall–Kier alpha value is -1.22. The third kappa shape index (κ3) is 5.09. The second-order valence-electron chi connectivity index (χ2n) is 4.94. The number of ether oxygens (including phenoxy) is 1. The normalized spacial score (nSPS) is 11.1. The van der Waals surface area contributed by atoms with E-state index in [4.69, 9.17) is 16.3 Å². The smallest absolute Gasteiger partial charge is 0.407 e. The molecule has 0 atom stereocenters. The van der Waals surface area contributed by atoms with Crippen LogP contribution in [-0.2, 0) is 11.3 Å². The van der Waals surface area contributed by atoms with Gasteiger partial charge in [-0.2, -0.15) is 0 Å². The van der Waals surface area contributed by atoms with E-state index in [9.17, 15) is 4.79 Å². The largest absolute Gasteiger partial charge is 0.444 e. The van der Waals surface area contributed by atoms with Gasteiger partial charge in [0.05, 0.1) is 0 Å². The van der Waals surface area contributed by atoms with E-state index in [0.29, 0.717) is 6.54 Å². The van der Waals surface area contributed by atoms with E-state index in [1.54, 1.807) is 0 Å². The number of aryl methyl sites for hydroxylation is 1. The van der Waals surface area contributed by atoms with Gasteiger partial charge in [-0.15, -0.1) is 0 Å². The van der Waals surface area contributed by atoms with Gasteiger partial charge in [-0.25, -0.2) is 4.79 Å². The molecule has 1 amide bonds. The van der Waals surface area contributed by atoms with Gasteiger partial charge in [-0.1, -0.05) is 23.7 Å². The van der Waals surface area contributed by atoms with Crippen molar-refractivity contribution < 1.29 is 9.53 Å². The van der Waals surface area contributed by atoms with Gasteiger partial charge in [0.1, 0.15) is 5.60 Å². The Morgan fingerprint density at radius 2 is 2.06 bits per heavy atom. The van der Waals surface area contributed by atoms with Crippen LogP contribution in [0.15, 0.2) is 18.2 Å². The molecule has 1 N–H and O–H groups in total. The minimum absolute atomic E-state index is 0.412. The number of hydrogen-bond donors (Lipinski definition) is 1. The first kappa shape index (κ1) is 13.8. The van der Waals surface area contributed by atoms with Gasteiger partial charge < -0.3 is 10.1 Å². The van der Waals surface area contributed by atoms with Gasteiger partial charge >= 0.3 is 6.09 Å². The van der Waals surface area contributed by atoms with Crippen LogP contribution < -0.4 is 5.32 Å². The molecule has 3 nitrogen and oxygen atoms in total. The molecule has 0 heterocycles. The molecule has 0 spiro atoms. The fraction of sp³-hybridized carbons (Fsp3) is 0.462. The maximum Gasteiger partial charge on any atom is 0.407 e. The molecule has 0 aliphatic carbocycles. The van der Waals surface area contributed by atoms with E-state index in [0.717, 1.165) is 16.1 Å². The highest BCUT2D eigenvalue weighted by atomic mass is 35.5. The number of benzene rings is 1. The monoisotopic (exact) mass is 255 g/mol. The fourth-order valence-electron chi connectivity index (χ4n) is 1.31. The first-order valence-corrected chi connectivity index (χ1v) is 5.87. The number of carbonyl (C=O) groups is 1. The molecular formula is C13H18ClNO2. The zero-order valence-electron chi connectivity index (χ0n) is 10.6. The quantitative estimate of drug-likeness (QED) is 0.876. The van der Waals surface area contributed by atoms with Gasteiger partial charge in [0, 0.05) is 11.6 Å². The van der Waals surface area contributed by atoms with Crippen molar-refractivity contribution in [1.29, 1.82) is 0 Å². The Balaban J connectivity index is 2.50. The average Bonchev–Trinajstić information content (AvgIpc) is 2.17. The molecule has 0 saturated carbocycles. The van der Waals surface area contributed by atoms with Crippen LogP contribution in [0.3, 0.4) is 0 Å². The number of nitrogens with one attached hydrogen (secondary N) is 1. The Morgan fingerprint density at radius 1 is 1.41 bits per heavy atom. The molecule has 17 heavy (non-hydrogen) atoms. The molecule has 0 saturated heterocycles. The Bertz CT molecular complexity index is 410. The summed E-state index contributed by atoms with van der Waals surface area (Å²) in [7, 11) is 0. The molecule has 4 heteroatoms. The highest BCUT2D eigenvalue weighted by Gasteiger charge is 2.15. The molecule has 0 radical (unpaired) electrons. The first-order chi connectivity index (χ1) is 7.78. The van der Waals surface area contributed by atoms with Gasteiger partial charge in [0.25, 0.3) is 0 Å². The Labute approximate surface area is 107 Å². The van der Waals surface area contributed by atoms with Gasteiger partial charge in [-0.3, -0.25) is 0 Å². The van der Waals surface area contributed by atoms with Crippen LogP contribution in [0.2, 0.25) is 5.02 Å². The van der Waals surface area contributed by atoms with Crippen LogP contribution in [-0.4, -0.2) is 11.7 Å². The summed E-state index contributed by atoms with van der Waals surface area (Å²) < 4.78 is 5.14. The molecule has 1 aromatic carbocycles. The minimum Gasteiger partial charge on any atom is -0.444 e. The van der Waals surface area contributed by atoms with E-state index in [1.165, 1.54) is 0 Å². The molecule has 0 unspecified atom stereocenters. The molecule has 0 fully saturated rings. The SMILES string of the molecule is Cc1cc(CNC(=O)OC(C)(C)C)ccc1Cl. The van der Waals surface area contributed by atoms with E-state index in [1.807, 2.05) is 45.9 Å². The van der Waals surface area contributed by atoms with Crippen LogP contribution in [0, 0.1) is 6.92 Å². The lowest BCUT2D eigenvalue weighted by Crippen LogP contribution is -2.32. The maximum absolute atomic E-state index is 11.4. The zero-order chi connectivity index (χ0) is 13.1. The van der Waals surface area contributed by atoms with Crippen molar-refractivity contribution in [1.82, 2.24) is 5.32 Å². The third-order valence-electron chi connectivity index (χ3n) is 2.06. The second-order valence-corrected chi connectivity index (χ2v) is 5.35. The van der Waals surface area contributed by atoms with Gasteiger partial charge in [0.15, 0.2) is 0 Å². The number of hydrogen-bond acceptors (Lipinski definition) is 2. The molecule has 1 rings (SSSR count). The summed E-state index contributed by atoms with van der Waals surface area (Å²) in [6.45, 7) is 7.86. The first-order valence-electron chi connectivity index (χ1n) is 5.50. The van der Waals surface area contributed by atoms with Crippen LogP contribution in [0.25, 0.3) is 0 Å². The third-order valence-corrected chi connectivity index (χ3v) is 2.48. The highest BCUT2D eigenvalue weighted by Crippen LogP contribution is 2.16. The zero-order valence-corrected chi connectivity index (χ0v) is 11.4. The van der Waals surface area contributed by atoms with E-state index in [-0.39, 0.29) is 0 Å². The molecular weight excluding hydrogens is 238 g/mol. The van der Waals surface area contributed by atoms with Crippen LogP contribution >= 0.6 is 11.6 Å². The molecule has 0 bridgehead atoms. The molecule has 0 aliphatic heterocycles. The fourth-order valence-corrected chi connectivity index (χ4v) is 1.42. The molecule has 1 aromatic rings. The van der Waals surface area contributed by atoms with Crippen LogP contribution in [0.5, 0.6) is 0 Å². The number of alkyl carbamates (subject to hydrolysis) is 1. The predicted molar refractivity (Wildman–Crippen MR) is 69.3 cm³/mol. The Morgan fingerprint density at radius 3 is 2.59 bits per heavy atom. The molecule has 0 aromatic heterocycles. The highest BCUT2D eigenvalue weighted by molar-refractivity contribution is 6.31. The van der Waals surface area contributed by atoms with Crippen LogP contribution in [0.1, 0.15) is 31.9 Å². The van der Waals surface area contributed by atoms with E-state index < -0.39 is 11.7 Å². The lowest BCUT2D eigenvalue weighted by Gasteiger charge is -2.19. The van der Waals surface area contributed by atoms with Gasteiger partial charge in [-0.05, 0) is 44.9 Å². The maximum atomic E-state index is 11.4.